The Kier molecular flexibility index (Phi) is 10.1. The minimum absolute atomic E-state index is 0.0459. The van der Waals surface area contributed by atoms with E-state index in [1.54, 1.807) is 19.2 Å². The third-order valence-electron chi connectivity index (χ3n) is 4.72. The molecule has 4 N–H and O–H groups in total. The molecule has 0 aliphatic rings. The van der Waals surface area contributed by atoms with Crippen molar-refractivity contribution in [1.29, 1.82) is 0 Å². The number of hydrogen-bond donors (Lipinski definition) is 3. The van der Waals surface area contributed by atoms with Gasteiger partial charge in [-0.2, -0.15) is 15.0 Å². The highest BCUT2D eigenvalue weighted by Gasteiger charge is 2.12. The topological polar surface area (TPSA) is 160 Å². The number of non-ortho nitro benzene ring substituents is 1. The number of nitrogens with two attached hydrogens (primary N) is 1. The fourth-order valence-electron chi connectivity index (χ4n) is 2.99. The van der Waals surface area contributed by atoms with Crippen LogP contribution in [0.2, 0.25) is 0 Å². The van der Waals surface area contributed by atoms with Crippen molar-refractivity contribution < 1.29 is 19.1 Å². The van der Waals surface area contributed by atoms with E-state index in [9.17, 15) is 10.1 Å². The van der Waals surface area contributed by atoms with Gasteiger partial charge in [-0.1, -0.05) is 24.3 Å². The van der Waals surface area contributed by atoms with Crippen LogP contribution < -0.4 is 21.1 Å². The van der Waals surface area contributed by atoms with Gasteiger partial charge >= 0.3 is 0 Å². The Morgan fingerprint density at radius 1 is 0.943 bits per heavy atom. The molecule has 3 rings (SSSR count). The molecule has 0 aliphatic heterocycles. The third-order valence-corrected chi connectivity index (χ3v) is 4.72. The van der Waals surface area contributed by atoms with Crippen LogP contribution in [0.3, 0.4) is 0 Å². The Hall–Kier alpha value is -3.87. The number of aromatic nitrogens is 3. The van der Waals surface area contributed by atoms with E-state index >= 15 is 0 Å². The van der Waals surface area contributed by atoms with Crippen LogP contribution in [0.1, 0.15) is 5.56 Å². The van der Waals surface area contributed by atoms with E-state index in [-0.39, 0.29) is 5.69 Å². The van der Waals surface area contributed by atoms with Gasteiger partial charge in [0.25, 0.3) is 5.69 Å². The lowest BCUT2D eigenvalue weighted by Crippen LogP contribution is -2.16. The number of nitrogens with zero attached hydrogens (tertiary/aromatic N) is 4. The molecule has 0 fully saturated rings. The van der Waals surface area contributed by atoms with Crippen LogP contribution in [0.5, 0.6) is 5.75 Å². The van der Waals surface area contributed by atoms with Crippen LogP contribution in [0.15, 0.2) is 48.5 Å². The van der Waals surface area contributed by atoms with E-state index in [0.29, 0.717) is 69.3 Å². The van der Waals surface area contributed by atoms with E-state index in [2.05, 4.69) is 25.6 Å². The molecule has 0 saturated heterocycles. The molecule has 12 heteroatoms. The normalized spacial score (nSPS) is 10.7. The molecule has 0 radical (unpaired) electrons. The summed E-state index contributed by atoms with van der Waals surface area (Å²) in [5.74, 6) is 1.72. The highest BCUT2D eigenvalue weighted by molar-refractivity contribution is 5.61. The average Bonchev–Trinajstić information content (AvgIpc) is 2.89. The van der Waals surface area contributed by atoms with Gasteiger partial charge in [-0.3, -0.25) is 10.1 Å². The highest BCUT2D eigenvalue weighted by Crippen LogP contribution is 2.23. The molecule has 2 aromatic carbocycles. The van der Waals surface area contributed by atoms with Crippen molar-refractivity contribution in [3.63, 3.8) is 0 Å². The Bertz CT molecular complexity index is 1080. The molecule has 1 aromatic heterocycles. The van der Waals surface area contributed by atoms with Gasteiger partial charge in [0.2, 0.25) is 11.9 Å². The van der Waals surface area contributed by atoms with Gasteiger partial charge in [-0.25, -0.2) is 0 Å². The lowest BCUT2D eigenvalue weighted by atomic mass is 10.2. The number of nitro benzene ring substituents is 1. The summed E-state index contributed by atoms with van der Waals surface area (Å²) in [6.45, 7) is 3.23. The molecule has 0 bridgehead atoms. The zero-order valence-corrected chi connectivity index (χ0v) is 19.5. The van der Waals surface area contributed by atoms with Crippen LogP contribution in [0.25, 0.3) is 11.4 Å². The van der Waals surface area contributed by atoms with E-state index in [4.69, 9.17) is 19.9 Å². The van der Waals surface area contributed by atoms with Crippen LogP contribution in [0, 0.1) is 10.1 Å². The summed E-state index contributed by atoms with van der Waals surface area (Å²) < 4.78 is 16.0. The Morgan fingerprint density at radius 3 is 2.34 bits per heavy atom. The average molecular weight is 484 g/mol. The van der Waals surface area contributed by atoms with Gasteiger partial charge < -0.3 is 30.6 Å². The standard InChI is InChI=1S/C23H29N7O5/c1-33-20-7-5-17(6-8-20)16-26-23-28-21(18-3-2-4-19(15-18)30(31)32)27-22(29-23)25-10-12-35-14-13-34-11-9-24/h2-8,15H,9-14,16,24H2,1H3,(H2,25,26,27,28,29). The second-order valence-electron chi connectivity index (χ2n) is 7.26. The summed E-state index contributed by atoms with van der Waals surface area (Å²) >= 11 is 0. The maximum Gasteiger partial charge on any atom is 0.270 e. The SMILES string of the molecule is COc1ccc(CNc2nc(NCCOCCOCCN)nc(-c3cccc([N+](=O)[O-])c3)n2)cc1. The number of anilines is 2. The summed E-state index contributed by atoms with van der Waals surface area (Å²) in [6, 6.07) is 13.8. The molecule has 12 nitrogen and oxygen atoms in total. The van der Waals surface area contributed by atoms with Gasteiger partial charge in [-0.05, 0) is 17.7 Å². The first kappa shape index (κ1) is 25.7. The van der Waals surface area contributed by atoms with E-state index in [1.165, 1.54) is 12.1 Å². The number of nitro groups is 1. The maximum absolute atomic E-state index is 11.2. The minimum atomic E-state index is -0.457. The Morgan fingerprint density at radius 2 is 1.66 bits per heavy atom. The zero-order valence-electron chi connectivity index (χ0n) is 19.5. The fraction of sp³-hybridized carbons (Fsp3) is 0.348. The van der Waals surface area contributed by atoms with E-state index in [0.717, 1.165) is 11.3 Å². The molecule has 35 heavy (non-hydrogen) atoms. The molecular formula is C23H29N7O5. The monoisotopic (exact) mass is 483 g/mol. The van der Waals surface area contributed by atoms with Crippen LogP contribution in [-0.2, 0) is 16.0 Å². The molecule has 1 heterocycles. The lowest BCUT2D eigenvalue weighted by molar-refractivity contribution is -0.384. The van der Waals surface area contributed by atoms with E-state index < -0.39 is 4.92 Å². The van der Waals surface area contributed by atoms with Crippen molar-refractivity contribution >= 4 is 17.6 Å². The second-order valence-corrected chi connectivity index (χ2v) is 7.26. The van der Waals surface area contributed by atoms with Gasteiger partial charge in [0.1, 0.15) is 5.75 Å². The molecular weight excluding hydrogens is 454 g/mol. The Balaban J connectivity index is 1.70. The quantitative estimate of drug-likeness (QED) is 0.165. The second kappa shape index (κ2) is 13.7. The summed E-state index contributed by atoms with van der Waals surface area (Å²) in [5, 5.41) is 17.5. The van der Waals surface area contributed by atoms with Gasteiger partial charge in [0.15, 0.2) is 5.82 Å². The number of methoxy groups -OCH3 is 1. The van der Waals surface area contributed by atoms with Crippen molar-refractivity contribution in [2.24, 2.45) is 5.73 Å². The highest BCUT2D eigenvalue weighted by atomic mass is 16.6. The summed E-state index contributed by atoms with van der Waals surface area (Å²) in [5.41, 5.74) is 6.83. The van der Waals surface area contributed by atoms with Crippen molar-refractivity contribution in [2.45, 2.75) is 6.54 Å². The smallest absolute Gasteiger partial charge is 0.270 e. The number of nitrogens with one attached hydrogen (secondary N) is 2. The third kappa shape index (κ3) is 8.45. The zero-order chi connectivity index (χ0) is 24.9. The maximum atomic E-state index is 11.2. The molecule has 186 valence electrons. The predicted molar refractivity (Wildman–Crippen MR) is 131 cm³/mol. The molecule has 3 aromatic rings. The molecule has 0 atom stereocenters. The van der Waals surface area contributed by atoms with Crippen molar-refractivity contribution in [1.82, 2.24) is 15.0 Å². The predicted octanol–water partition coefficient (Wildman–Crippen LogP) is 2.47. The molecule has 0 saturated carbocycles. The van der Waals surface area contributed by atoms with E-state index in [1.807, 2.05) is 24.3 Å². The summed E-state index contributed by atoms with van der Waals surface area (Å²) in [6.07, 6.45) is 0. The number of ether oxygens (including phenoxy) is 3. The first-order valence-electron chi connectivity index (χ1n) is 11.1. The number of hydrogen-bond acceptors (Lipinski definition) is 11. The van der Waals surface area contributed by atoms with Gasteiger partial charge in [0.05, 0.1) is 38.5 Å². The number of rotatable bonds is 15. The van der Waals surface area contributed by atoms with Crippen LogP contribution >= 0.6 is 0 Å². The summed E-state index contributed by atoms with van der Waals surface area (Å²) in [7, 11) is 1.61. The number of benzene rings is 2. The largest absolute Gasteiger partial charge is 0.497 e. The lowest BCUT2D eigenvalue weighted by Gasteiger charge is -2.11. The van der Waals surface area contributed by atoms with Gasteiger partial charge in [-0.15, -0.1) is 0 Å². The van der Waals surface area contributed by atoms with Gasteiger partial charge in [0, 0.05) is 37.3 Å². The fourth-order valence-corrected chi connectivity index (χ4v) is 2.99. The first-order chi connectivity index (χ1) is 17.1. The first-order valence-corrected chi connectivity index (χ1v) is 11.1. The van der Waals surface area contributed by atoms with Crippen molar-refractivity contribution in [3.8, 4) is 17.1 Å². The Labute approximate surface area is 203 Å². The van der Waals surface area contributed by atoms with Crippen LogP contribution in [-0.4, -0.2) is 66.5 Å². The molecule has 0 unspecified atom stereocenters. The van der Waals surface area contributed by atoms with Crippen molar-refractivity contribution in [2.75, 3.05) is 57.3 Å². The molecule has 0 spiro atoms. The van der Waals surface area contributed by atoms with Crippen molar-refractivity contribution in [3.05, 3.63) is 64.2 Å². The molecule has 0 amide bonds. The summed E-state index contributed by atoms with van der Waals surface area (Å²) in [4.78, 5) is 24.1. The van der Waals surface area contributed by atoms with Crippen LogP contribution in [0.4, 0.5) is 17.6 Å². The molecule has 0 aliphatic carbocycles. The minimum Gasteiger partial charge on any atom is -0.497 e.